The highest BCUT2D eigenvalue weighted by atomic mass is 16.5. The van der Waals surface area contributed by atoms with E-state index in [1.54, 1.807) is 12.2 Å². The maximum absolute atomic E-state index is 13.4. The van der Waals surface area contributed by atoms with E-state index >= 15 is 0 Å². The largest absolute Gasteiger partial charge is 0.359 e. The zero-order chi connectivity index (χ0) is 22.4. The quantitative estimate of drug-likeness (QED) is 0.680. The van der Waals surface area contributed by atoms with Gasteiger partial charge in [-0.25, -0.2) is 0 Å². The van der Waals surface area contributed by atoms with Crippen LogP contribution >= 0.6 is 0 Å². The third-order valence-electron chi connectivity index (χ3n) is 6.06. The zero-order valence-corrected chi connectivity index (χ0v) is 18.1. The number of likely N-dealkylation sites (tertiary alicyclic amines) is 1. The lowest BCUT2D eigenvalue weighted by Gasteiger charge is -2.34. The van der Waals surface area contributed by atoms with Crippen LogP contribution in [0.25, 0.3) is 0 Å². The van der Waals surface area contributed by atoms with Crippen molar-refractivity contribution < 1.29 is 19.1 Å². The van der Waals surface area contributed by atoms with Gasteiger partial charge in [0.15, 0.2) is 0 Å². The molecule has 0 unspecified atom stereocenters. The number of hydrogen-bond acceptors (Lipinski definition) is 4. The summed E-state index contributed by atoms with van der Waals surface area (Å²) in [5, 5.41) is 5.91. The normalized spacial score (nSPS) is 30.9. The minimum absolute atomic E-state index is 0.208. The van der Waals surface area contributed by atoms with E-state index in [9.17, 15) is 14.4 Å². The summed E-state index contributed by atoms with van der Waals surface area (Å²) in [7, 11) is 0. The van der Waals surface area contributed by atoms with Crippen molar-refractivity contribution >= 4 is 17.7 Å². The molecule has 2 fully saturated rings. The lowest BCUT2D eigenvalue weighted by atomic mass is 9.74. The smallest absolute Gasteiger partial charge is 0.246 e. The molecule has 7 heteroatoms. The summed E-state index contributed by atoms with van der Waals surface area (Å²) in [5.74, 6) is -2.20. The molecule has 5 atom stereocenters. The van der Waals surface area contributed by atoms with Crippen LogP contribution < -0.4 is 10.6 Å². The molecule has 164 valence electrons. The summed E-state index contributed by atoms with van der Waals surface area (Å²) >= 11 is 0. The van der Waals surface area contributed by atoms with Gasteiger partial charge >= 0.3 is 0 Å². The van der Waals surface area contributed by atoms with E-state index in [4.69, 9.17) is 4.74 Å². The van der Waals surface area contributed by atoms with Gasteiger partial charge in [0.2, 0.25) is 17.7 Å². The molecule has 7 nitrogen and oxygen atoms in total. The predicted octanol–water partition coefficient (Wildman–Crippen LogP) is 1.55. The highest BCUT2D eigenvalue weighted by Gasteiger charge is 2.72. The maximum Gasteiger partial charge on any atom is 0.246 e. The number of amides is 3. The van der Waals surface area contributed by atoms with Gasteiger partial charge in [0.1, 0.15) is 11.6 Å². The topological polar surface area (TPSA) is 87.7 Å². The number of benzene rings is 1. The lowest BCUT2D eigenvalue weighted by Crippen LogP contribution is -2.57. The molecule has 0 aromatic heterocycles. The molecule has 3 heterocycles. The first kappa shape index (κ1) is 21.3. The number of hydrogen-bond donors (Lipinski definition) is 2. The molecule has 1 spiro atoms. The molecular formula is C24H29N3O4. The van der Waals surface area contributed by atoms with Gasteiger partial charge < -0.3 is 20.3 Å². The van der Waals surface area contributed by atoms with Gasteiger partial charge in [-0.3, -0.25) is 14.4 Å². The van der Waals surface area contributed by atoms with Gasteiger partial charge in [-0.05, 0) is 26.3 Å². The Bertz CT molecular complexity index is 936. The second kappa shape index (κ2) is 7.64. The van der Waals surface area contributed by atoms with Crippen LogP contribution in [-0.2, 0) is 25.7 Å². The molecule has 0 saturated carbocycles. The fourth-order valence-corrected chi connectivity index (χ4v) is 4.94. The van der Waals surface area contributed by atoms with Crippen LogP contribution in [0.15, 0.2) is 55.1 Å². The summed E-state index contributed by atoms with van der Waals surface area (Å²) in [4.78, 5) is 41.3. The summed E-state index contributed by atoms with van der Waals surface area (Å²) in [5.41, 5.74) is -0.644. The van der Waals surface area contributed by atoms with Gasteiger partial charge in [0.25, 0.3) is 0 Å². The van der Waals surface area contributed by atoms with Crippen molar-refractivity contribution in [3.05, 3.63) is 60.7 Å². The van der Waals surface area contributed by atoms with Crippen LogP contribution in [0.3, 0.4) is 0 Å². The van der Waals surface area contributed by atoms with Crippen molar-refractivity contribution in [2.45, 2.75) is 50.6 Å². The monoisotopic (exact) mass is 423 g/mol. The van der Waals surface area contributed by atoms with Gasteiger partial charge in [0, 0.05) is 18.6 Å². The Labute approximate surface area is 182 Å². The Kier molecular flexibility index (Phi) is 5.25. The van der Waals surface area contributed by atoms with E-state index in [1.165, 1.54) is 4.90 Å². The average molecular weight is 424 g/mol. The van der Waals surface area contributed by atoms with E-state index in [1.807, 2.05) is 57.2 Å². The van der Waals surface area contributed by atoms with Crippen LogP contribution in [0.1, 0.15) is 26.3 Å². The number of carbonyl (C=O) groups is 3. The predicted molar refractivity (Wildman–Crippen MR) is 116 cm³/mol. The minimum atomic E-state index is -1.14. The highest BCUT2D eigenvalue weighted by Crippen LogP contribution is 2.55. The Hall–Kier alpha value is -2.93. The van der Waals surface area contributed by atoms with Crippen molar-refractivity contribution in [2.24, 2.45) is 11.8 Å². The van der Waals surface area contributed by atoms with Crippen molar-refractivity contribution in [1.29, 1.82) is 0 Å². The third kappa shape index (κ3) is 3.57. The summed E-state index contributed by atoms with van der Waals surface area (Å²) in [6.45, 7) is 9.97. The second-order valence-corrected chi connectivity index (χ2v) is 9.42. The van der Waals surface area contributed by atoms with Crippen molar-refractivity contribution in [2.75, 3.05) is 6.54 Å². The van der Waals surface area contributed by atoms with E-state index < -0.39 is 35.1 Å². The summed E-state index contributed by atoms with van der Waals surface area (Å²) in [6.07, 6.45) is 4.68. The van der Waals surface area contributed by atoms with Crippen molar-refractivity contribution in [3.8, 4) is 0 Å². The first-order valence-corrected chi connectivity index (χ1v) is 10.6. The number of carbonyl (C=O) groups excluding carboxylic acids is 3. The molecular weight excluding hydrogens is 394 g/mol. The van der Waals surface area contributed by atoms with Gasteiger partial charge in [-0.2, -0.15) is 0 Å². The molecule has 1 aromatic rings. The molecule has 3 aliphatic heterocycles. The molecule has 31 heavy (non-hydrogen) atoms. The van der Waals surface area contributed by atoms with E-state index in [2.05, 4.69) is 17.2 Å². The van der Waals surface area contributed by atoms with Crippen molar-refractivity contribution in [3.63, 3.8) is 0 Å². The summed E-state index contributed by atoms with van der Waals surface area (Å²) < 4.78 is 6.24. The van der Waals surface area contributed by atoms with E-state index in [0.29, 0.717) is 6.54 Å². The number of fused-ring (bicyclic) bond motifs is 1. The van der Waals surface area contributed by atoms with E-state index in [0.717, 1.165) is 5.56 Å². The molecule has 0 aliphatic carbocycles. The van der Waals surface area contributed by atoms with Gasteiger partial charge in [-0.15, -0.1) is 6.58 Å². The van der Waals surface area contributed by atoms with Crippen LogP contribution in [0, 0.1) is 11.8 Å². The Morgan fingerprint density at radius 2 is 1.94 bits per heavy atom. The number of rotatable bonds is 6. The second-order valence-electron chi connectivity index (χ2n) is 9.42. The number of nitrogens with zero attached hydrogens (tertiary/aromatic N) is 1. The van der Waals surface area contributed by atoms with Gasteiger partial charge in [0.05, 0.1) is 17.9 Å². The molecule has 0 radical (unpaired) electrons. The third-order valence-corrected chi connectivity index (χ3v) is 6.06. The molecule has 3 amide bonds. The molecule has 2 bridgehead atoms. The Morgan fingerprint density at radius 1 is 1.23 bits per heavy atom. The molecule has 2 saturated heterocycles. The molecule has 1 aromatic carbocycles. The molecule has 2 N–H and O–H groups in total. The average Bonchev–Trinajstić information content (AvgIpc) is 3.34. The van der Waals surface area contributed by atoms with Gasteiger partial charge in [-0.1, -0.05) is 48.6 Å². The SMILES string of the molecule is C=CCN1C(=O)[C@H]2[C@@H](C(=O)NCc3ccccc3)[C@H]3C=C[C@@]2(O3)[C@@H]1C(=O)NC(C)(C)C. The van der Waals surface area contributed by atoms with Crippen LogP contribution in [-0.4, -0.2) is 52.5 Å². The molecule has 4 rings (SSSR count). The fraction of sp³-hybridized carbons (Fsp3) is 0.458. The first-order valence-electron chi connectivity index (χ1n) is 10.6. The Balaban J connectivity index is 1.61. The van der Waals surface area contributed by atoms with Crippen LogP contribution in [0.4, 0.5) is 0 Å². The molecule has 3 aliphatic rings. The standard InChI is InChI=1S/C24H29N3O4/c1-5-13-27-19(21(29)26-23(2,3)4)24-12-11-16(31-24)17(18(24)22(27)30)20(28)25-14-15-9-7-6-8-10-15/h5-12,16-19H,1,13-14H2,2-4H3,(H,25,28)(H,26,29)/t16-,17+,18-,19+,24+/m1/s1. The fourth-order valence-electron chi connectivity index (χ4n) is 4.94. The van der Waals surface area contributed by atoms with Crippen LogP contribution in [0.5, 0.6) is 0 Å². The zero-order valence-electron chi connectivity index (χ0n) is 18.1. The minimum Gasteiger partial charge on any atom is -0.359 e. The maximum atomic E-state index is 13.4. The lowest BCUT2D eigenvalue weighted by molar-refractivity contribution is -0.141. The first-order chi connectivity index (χ1) is 14.7. The summed E-state index contributed by atoms with van der Waals surface area (Å²) in [6, 6.07) is 8.74. The van der Waals surface area contributed by atoms with Crippen molar-refractivity contribution in [1.82, 2.24) is 15.5 Å². The Morgan fingerprint density at radius 3 is 2.58 bits per heavy atom. The number of nitrogens with one attached hydrogen (secondary N) is 2. The van der Waals surface area contributed by atoms with Crippen LogP contribution in [0.2, 0.25) is 0 Å². The highest BCUT2D eigenvalue weighted by molar-refractivity contribution is 6.00. The number of ether oxygens (including phenoxy) is 1. The van der Waals surface area contributed by atoms with E-state index in [-0.39, 0.29) is 24.3 Å².